The summed E-state index contributed by atoms with van der Waals surface area (Å²) in [5.74, 6) is -0.772. The quantitative estimate of drug-likeness (QED) is 0.567. The molecule has 3 N–H and O–H groups in total. The standard InChI is InChI=1S/C9H19NO3/c1-4-6(2)8(9(12)13)10-5-7(3)11/h6-8,10-11H,4-5H2,1-3H3,(H,12,13)/t6-,7?,8-/m0/s1. The van der Waals surface area contributed by atoms with Gasteiger partial charge >= 0.3 is 5.97 Å². The van der Waals surface area contributed by atoms with E-state index in [0.29, 0.717) is 6.54 Å². The van der Waals surface area contributed by atoms with Gasteiger partial charge in [0.05, 0.1) is 6.10 Å². The van der Waals surface area contributed by atoms with Crippen LogP contribution in [0.2, 0.25) is 0 Å². The Morgan fingerprint density at radius 3 is 2.31 bits per heavy atom. The predicted molar refractivity (Wildman–Crippen MR) is 50.6 cm³/mol. The van der Waals surface area contributed by atoms with Gasteiger partial charge < -0.3 is 15.5 Å². The van der Waals surface area contributed by atoms with Crippen LogP contribution >= 0.6 is 0 Å². The number of aliphatic hydroxyl groups excluding tert-OH is 1. The van der Waals surface area contributed by atoms with E-state index in [1.165, 1.54) is 0 Å². The second-order valence-electron chi connectivity index (χ2n) is 3.46. The summed E-state index contributed by atoms with van der Waals surface area (Å²) in [5.41, 5.74) is 0. The molecule has 0 bridgehead atoms. The van der Waals surface area contributed by atoms with Gasteiger partial charge in [0.15, 0.2) is 0 Å². The summed E-state index contributed by atoms with van der Waals surface area (Å²) in [5, 5.41) is 20.6. The highest BCUT2D eigenvalue weighted by Gasteiger charge is 2.22. The average molecular weight is 189 g/mol. The van der Waals surface area contributed by atoms with Crippen LogP contribution in [0.5, 0.6) is 0 Å². The fourth-order valence-electron chi connectivity index (χ4n) is 1.07. The lowest BCUT2D eigenvalue weighted by Crippen LogP contribution is -2.44. The zero-order chi connectivity index (χ0) is 10.4. The summed E-state index contributed by atoms with van der Waals surface area (Å²) in [4.78, 5) is 10.8. The number of hydrogen-bond acceptors (Lipinski definition) is 3. The number of hydrogen-bond donors (Lipinski definition) is 3. The minimum atomic E-state index is -0.852. The van der Waals surface area contributed by atoms with Crippen LogP contribution in [0.25, 0.3) is 0 Å². The summed E-state index contributed by atoms with van der Waals surface area (Å²) in [6.45, 7) is 5.78. The lowest BCUT2D eigenvalue weighted by Gasteiger charge is -2.20. The van der Waals surface area contributed by atoms with E-state index < -0.39 is 18.1 Å². The van der Waals surface area contributed by atoms with E-state index in [2.05, 4.69) is 5.32 Å². The van der Waals surface area contributed by atoms with Crippen LogP contribution in [0.15, 0.2) is 0 Å². The van der Waals surface area contributed by atoms with Crippen LogP contribution in [-0.4, -0.2) is 34.9 Å². The second kappa shape index (κ2) is 5.94. The minimum absolute atomic E-state index is 0.0799. The fourth-order valence-corrected chi connectivity index (χ4v) is 1.07. The molecule has 0 aromatic heterocycles. The Labute approximate surface area is 79.0 Å². The molecule has 0 amide bonds. The van der Waals surface area contributed by atoms with E-state index in [-0.39, 0.29) is 5.92 Å². The van der Waals surface area contributed by atoms with Crippen molar-refractivity contribution in [3.63, 3.8) is 0 Å². The van der Waals surface area contributed by atoms with E-state index in [9.17, 15) is 4.79 Å². The van der Waals surface area contributed by atoms with Crippen molar-refractivity contribution in [2.75, 3.05) is 6.54 Å². The third kappa shape index (κ3) is 4.85. The van der Waals surface area contributed by atoms with Gasteiger partial charge in [0, 0.05) is 6.54 Å². The number of carbonyl (C=O) groups is 1. The largest absolute Gasteiger partial charge is 0.480 e. The van der Waals surface area contributed by atoms with Gasteiger partial charge in [0.1, 0.15) is 6.04 Å². The monoisotopic (exact) mass is 189 g/mol. The summed E-state index contributed by atoms with van der Waals surface area (Å²) in [6, 6.07) is -0.556. The lowest BCUT2D eigenvalue weighted by atomic mass is 9.99. The zero-order valence-corrected chi connectivity index (χ0v) is 8.45. The predicted octanol–water partition coefficient (Wildman–Crippen LogP) is 0.456. The van der Waals surface area contributed by atoms with Gasteiger partial charge in [-0.05, 0) is 12.8 Å². The molecule has 78 valence electrons. The zero-order valence-electron chi connectivity index (χ0n) is 8.45. The molecule has 4 nitrogen and oxygen atoms in total. The van der Waals surface area contributed by atoms with Gasteiger partial charge in [-0.15, -0.1) is 0 Å². The molecule has 0 saturated heterocycles. The van der Waals surface area contributed by atoms with Crippen molar-refractivity contribution < 1.29 is 15.0 Å². The minimum Gasteiger partial charge on any atom is -0.480 e. The van der Waals surface area contributed by atoms with E-state index in [4.69, 9.17) is 10.2 Å². The molecule has 0 aromatic carbocycles. The Morgan fingerprint density at radius 1 is 1.46 bits per heavy atom. The molecule has 3 atom stereocenters. The molecule has 0 aliphatic carbocycles. The molecule has 0 radical (unpaired) electrons. The molecule has 1 unspecified atom stereocenters. The van der Waals surface area contributed by atoms with Gasteiger partial charge in [0.25, 0.3) is 0 Å². The van der Waals surface area contributed by atoms with Crippen molar-refractivity contribution in [3.8, 4) is 0 Å². The van der Waals surface area contributed by atoms with Crippen molar-refractivity contribution >= 4 is 5.97 Å². The summed E-state index contributed by atoms with van der Waals surface area (Å²) in [6.07, 6.45) is 0.301. The summed E-state index contributed by atoms with van der Waals surface area (Å²) in [7, 11) is 0. The smallest absolute Gasteiger partial charge is 0.320 e. The van der Waals surface area contributed by atoms with Gasteiger partial charge in [-0.2, -0.15) is 0 Å². The number of carboxylic acids is 1. The average Bonchev–Trinajstić information content (AvgIpc) is 2.03. The first kappa shape index (κ1) is 12.4. The number of nitrogens with one attached hydrogen (secondary N) is 1. The Hall–Kier alpha value is -0.610. The SMILES string of the molecule is CC[C@H](C)[C@H](NCC(C)O)C(=O)O. The summed E-state index contributed by atoms with van der Waals surface area (Å²) < 4.78 is 0. The maximum atomic E-state index is 10.8. The molecule has 0 saturated carbocycles. The van der Waals surface area contributed by atoms with Gasteiger partial charge in [-0.3, -0.25) is 4.79 Å². The number of rotatable bonds is 6. The molecule has 0 rings (SSSR count). The maximum Gasteiger partial charge on any atom is 0.320 e. The van der Waals surface area contributed by atoms with Crippen molar-refractivity contribution in [3.05, 3.63) is 0 Å². The molecule has 0 aliphatic heterocycles. The van der Waals surface area contributed by atoms with Gasteiger partial charge in [0.2, 0.25) is 0 Å². The lowest BCUT2D eigenvalue weighted by molar-refractivity contribution is -0.140. The molecule has 0 aliphatic rings. The van der Waals surface area contributed by atoms with Crippen LogP contribution in [-0.2, 0) is 4.79 Å². The third-order valence-electron chi connectivity index (χ3n) is 2.11. The van der Waals surface area contributed by atoms with E-state index in [0.717, 1.165) is 6.42 Å². The van der Waals surface area contributed by atoms with Crippen molar-refractivity contribution in [2.45, 2.75) is 39.3 Å². The topological polar surface area (TPSA) is 69.6 Å². The first-order valence-electron chi connectivity index (χ1n) is 4.63. The highest BCUT2D eigenvalue weighted by atomic mass is 16.4. The fraction of sp³-hybridized carbons (Fsp3) is 0.889. The molecule has 4 heteroatoms. The second-order valence-corrected chi connectivity index (χ2v) is 3.46. The number of carboxylic acid groups (broad SMARTS) is 1. The van der Waals surface area contributed by atoms with Crippen LogP contribution in [0, 0.1) is 5.92 Å². The molecule has 0 spiro atoms. The van der Waals surface area contributed by atoms with Crippen LogP contribution in [0.4, 0.5) is 0 Å². The highest BCUT2D eigenvalue weighted by Crippen LogP contribution is 2.07. The molecular weight excluding hydrogens is 170 g/mol. The van der Waals surface area contributed by atoms with Crippen molar-refractivity contribution in [2.24, 2.45) is 5.92 Å². The Bertz CT molecular complexity index is 159. The van der Waals surface area contributed by atoms with Crippen molar-refractivity contribution in [1.82, 2.24) is 5.32 Å². The van der Waals surface area contributed by atoms with Crippen LogP contribution in [0.3, 0.4) is 0 Å². The Kier molecular flexibility index (Phi) is 5.66. The first-order valence-corrected chi connectivity index (χ1v) is 4.63. The number of aliphatic hydroxyl groups is 1. The van der Waals surface area contributed by atoms with E-state index in [1.807, 2.05) is 13.8 Å². The molecule has 0 heterocycles. The Balaban J connectivity index is 4.02. The highest BCUT2D eigenvalue weighted by molar-refractivity contribution is 5.73. The molecular formula is C9H19NO3. The third-order valence-corrected chi connectivity index (χ3v) is 2.11. The molecule has 0 aromatic rings. The molecule has 13 heavy (non-hydrogen) atoms. The van der Waals surface area contributed by atoms with E-state index >= 15 is 0 Å². The normalized spacial score (nSPS) is 17.8. The summed E-state index contributed by atoms with van der Waals surface area (Å²) >= 11 is 0. The first-order chi connectivity index (χ1) is 5.99. The Morgan fingerprint density at radius 2 is 2.00 bits per heavy atom. The van der Waals surface area contributed by atoms with Crippen LogP contribution in [0.1, 0.15) is 27.2 Å². The number of aliphatic carboxylic acids is 1. The molecule has 0 fully saturated rings. The van der Waals surface area contributed by atoms with Crippen molar-refractivity contribution in [1.29, 1.82) is 0 Å². The van der Waals surface area contributed by atoms with E-state index in [1.54, 1.807) is 6.92 Å². The van der Waals surface area contributed by atoms with Crippen LogP contribution < -0.4 is 5.32 Å². The van der Waals surface area contributed by atoms with Gasteiger partial charge in [-0.25, -0.2) is 0 Å². The maximum absolute atomic E-state index is 10.8. The van der Waals surface area contributed by atoms with Gasteiger partial charge in [-0.1, -0.05) is 20.3 Å².